The van der Waals surface area contributed by atoms with E-state index in [1.54, 1.807) is 0 Å². The highest BCUT2D eigenvalue weighted by Crippen LogP contribution is 2.27. The normalized spacial score (nSPS) is 12.6. The lowest BCUT2D eigenvalue weighted by molar-refractivity contribution is -0.682. The number of rotatable bonds is 6. The van der Waals surface area contributed by atoms with Crippen LogP contribution in [0.5, 0.6) is 0 Å². The molecule has 0 heterocycles. The molecule has 20 heavy (non-hydrogen) atoms. The van der Waals surface area contributed by atoms with E-state index in [2.05, 4.69) is 5.32 Å². The van der Waals surface area contributed by atoms with Gasteiger partial charge in [-0.25, -0.2) is 4.39 Å². The maximum atomic E-state index is 13.4. The van der Waals surface area contributed by atoms with Crippen LogP contribution in [0.1, 0.15) is 32.4 Å². The fraction of sp³-hybridized carbons (Fsp3) is 0.500. The second-order valence-electron chi connectivity index (χ2n) is 5.21. The summed E-state index contributed by atoms with van der Waals surface area (Å²) in [6.45, 7) is 6.85. The fourth-order valence-corrected chi connectivity index (χ4v) is 2.24. The molecule has 0 saturated heterocycles. The zero-order chi connectivity index (χ0) is 15.3. The zero-order valence-electron chi connectivity index (χ0n) is 11.8. The Kier molecular flexibility index (Phi) is 6.72. The first-order chi connectivity index (χ1) is 9.31. The van der Waals surface area contributed by atoms with Gasteiger partial charge in [0, 0.05) is 12.1 Å². The molecule has 0 aliphatic carbocycles. The largest absolute Gasteiger partial charge is 0.351 e. The smallest absolute Gasteiger partial charge is 0.275 e. The van der Waals surface area contributed by atoms with E-state index in [9.17, 15) is 9.18 Å². The lowest BCUT2D eigenvalue weighted by Gasteiger charge is -2.13. The van der Waals surface area contributed by atoms with Gasteiger partial charge in [0.25, 0.3) is 5.91 Å². The molecule has 1 aromatic carbocycles. The standard InChI is InChI=1S/C14H19Cl2FN2O/c1-8(2)6-19-14(20)7-18-9(3)10-4-13(17)12(16)5-11(10)15/h4-5,8-9,18H,6-7H2,1-3H3,(H,19,20)/p+1/t9-/m1/s1. The van der Waals surface area contributed by atoms with Gasteiger partial charge in [0.1, 0.15) is 11.9 Å². The first-order valence-electron chi connectivity index (χ1n) is 6.55. The van der Waals surface area contributed by atoms with Crippen LogP contribution in [-0.4, -0.2) is 19.0 Å². The van der Waals surface area contributed by atoms with Crippen LogP contribution in [0.2, 0.25) is 10.0 Å². The molecular formula is C14H20Cl2FN2O+. The van der Waals surface area contributed by atoms with Crippen LogP contribution in [0, 0.1) is 11.7 Å². The number of halogens is 3. The Balaban J connectivity index is 2.57. The van der Waals surface area contributed by atoms with Crippen LogP contribution in [0.4, 0.5) is 4.39 Å². The highest BCUT2D eigenvalue weighted by molar-refractivity contribution is 6.35. The predicted octanol–water partition coefficient (Wildman–Crippen LogP) is 2.53. The number of hydrogen-bond donors (Lipinski definition) is 2. The number of quaternary nitrogens is 1. The minimum absolute atomic E-state index is 0.000580. The molecule has 0 aromatic heterocycles. The summed E-state index contributed by atoms with van der Waals surface area (Å²) in [4.78, 5) is 11.6. The second-order valence-corrected chi connectivity index (χ2v) is 6.03. The van der Waals surface area contributed by atoms with Crippen LogP contribution in [0.25, 0.3) is 0 Å². The molecule has 0 saturated carbocycles. The quantitative estimate of drug-likeness (QED) is 0.777. The number of benzene rings is 1. The lowest BCUT2D eigenvalue weighted by atomic mass is 10.1. The minimum Gasteiger partial charge on any atom is -0.351 e. The number of hydrogen-bond acceptors (Lipinski definition) is 1. The molecule has 1 rings (SSSR count). The molecule has 1 aromatic rings. The molecule has 0 fully saturated rings. The van der Waals surface area contributed by atoms with Crippen molar-refractivity contribution in [3.8, 4) is 0 Å². The Bertz CT molecular complexity index is 480. The van der Waals surface area contributed by atoms with Gasteiger partial charge in [-0.05, 0) is 25.0 Å². The van der Waals surface area contributed by atoms with Crippen LogP contribution in [-0.2, 0) is 4.79 Å². The number of amides is 1. The number of nitrogens with one attached hydrogen (secondary N) is 1. The molecule has 0 aliphatic heterocycles. The number of carbonyl (C=O) groups is 1. The van der Waals surface area contributed by atoms with Gasteiger partial charge < -0.3 is 10.6 Å². The Hall–Kier alpha value is -0.840. The summed E-state index contributed by atoms with van der Waals surface area (Å²) in [5.41, 5.74) is 0.630. The number of nitrogens with two attached hydrogens (primary N) is 1. The highest BCUT2D eigenvalue weighted by Gasteiger charge is 2.17. The minimum atomic E-state index is -0.504. The molecule has 6 heteroatoms. The summed E-state index contributed by atoms with van der Waals surface area (Å²) >= 11 is 11.7. The molecule has 0 aliphatic rings. The summed E-state index contributed by atoms with van der Waals surface area (Å²) in [5, 5.41) is 5.04. The lowest BCUT2D eigenvalue weighted by Crippen LogP contribution is -2.87. The fourth-order valence-electron chi connectivity index (χ4n) is 1.69. The van der Waals surface area contributed by atoms with Gasteiger partial charge in [-0.2, -0.15) is 0 Å². The van der Waals surface area contributed by atoms with Crippen molar-refractivity contribution in [1.29, 1.82) is 0 Å². The van der Waals surface area contributed by atoms with Gasteiger partial charge in [0.05, 0.1) is 10.0 Å². The molecule has 0 unspecified atom stereocenters. The van der Waals surface area contributed by atoms with E-state index < -0.39 is 5.82 Å². The maximum Gasteiger partial charge on any atom is 0.275 e. The Labute approximate surface area is 128 Å². The van der Waals surface area contributed by atoms with E-state index in [1.165, 1.54) is 12.1 Å². The molecule has 1 atom stereocenters. The third-order valence-electron chi connectivity index (χ3n) is 2.89. The molecule has 1 amide bonds. The average Bonchev–Trinajstić information content (AvgIpc) is 2.37. The van der Waals surface area contributed by atoms with Gasteiger partial charge in [-0.1, -0.05) is 37.0 Å². The molecule has 112 valence electrons. The van der Waals surface area contributed by atoms with Gasteiger partial charge in [-0.3, -0.25) is 4.79 Å². The zero-order valence-corrected chi connectivity index (χ0v) is 13.4. The van der Waals surface area contributed by atoms with Crippen LogP contribution < -0.4 is 10.6 Å². The number of carbonyl (C=O) groups excluding carboxylic acids is 1. The van der Waals surface area contributed by atoms with Gasteiger partial charge in [0.15, 0.2) is 6.54 Å². The Morgan fingerprint density at radius 1 is 1.30 bits per heavy atom. The average molecular weight is 322 g/mol. The highest BCUT2D eigenvalue weighted by atomic mass is 35.5. The van der Waals surface area contributed by atoms with E-state index in [-0.39, 0.29) is 23.5 Å². The second kappa shape index (κ2) is 7.81. The first-order valence-corrected chi connectivity index (χ1v) is 7.31. The summed E-state index contributed by atoms with van der Waals surface area (Å²) < 4.78 is 13.4. The molecule has 0 radical (unpaired) electrons. The molecule has 0 spiro atoms. The summed E-state index contributed by atoms with van der Waals surface area (Å²) in [6, 6.07) is 2.58. The van der Waals surface area contributed by atoms with Gasteiger partial charge in [0.2, 0.25) is 0 Å². The SMILES string of the molecule is CC(C)CNC(=O)C[NH2+][C@H](C)c1cc(F)c(Cl)cc1Cl. The monoisotopic (exact) mass is 321 g/mol. The molecule has 0 bridgehead atoms. The van der Waals surface area contributed by atoms with Crippen LogP contribution in [0.15, 0.2) is 12.1 Å². The topological polar surface area (TPSA) is 45.7 Å². The summed E-state index contributed by atoms with van der Waals surface area (Å²) in [5.74, 6) is -0.136. The van der Waals surface area contributed by atoms with Crippen molar-refractivity contribution in [3.05, 3.63) is 33.6 Å². The van der Waals surface area contributed by atoms with Crippen molar-refractivity contribution in [2.75, 3.05) is 13.1 Å². The van der Waals surface area contributed by atoms with Gasteiger partial charge >= 0.3 is 0 Å². The van der Waals surface area contributed by atoms with Crippen molar-refractivity contribution in [1.82, 2.24) is 5.32 Å². The molecule has 3 N–H and O–H groups in total. The van der Waals surface area contributed by atoms with E-state index in [0.717, 1.165) is 0 Å². The first kappa shape index (κ1) is 17.2. The Morgan fingerprint density at radius 2 is 1.95 bits per heavy atom. The van der Waals surface area contributed by atoms with E-state index in [1.807, 2.05) is 26.1 Å². The van der Waals surface area contributed by atoms with E-state index in [4.69, 9.17) is 23.2 Å². The van der Waals surface area contributed by atoms with Crippen LogP contribution >= 0.6 is 23.2 Å². The van der Waals surface area contributed by atoms with E-state index >= 15 is 0 Å². The third kappa shape index (κ3) is 5.27. The summed E-state index contributed by atoms with van der Waals surface area (Å²) in [6.07, 6.45) is 0. The van der Waals surface area contributed by atoms with Crippen molar-refractivity contribution in [2.45, 2.75) is 26.8 Å². The van der Waals surface area contributed by atoms with Crippen molar-refractivity contribution in [2.24, 2.45) is 5.92 Å². The van der Waals surface area contributed by atoms with E-state index in [0.29, 0.717) is 23.0 Å². The van der Waals surface area contributed by atoms with Gasteiger partial charge in [-0.15, -0.1) is 0 Å². The van der Waals surface area contributed by atoms with Crippen LogP contribution in [0.3, 0.4) is 0 Å². The molecule has 3 nitrogen and oxygen atoms in total. The maximum absolute atomic E-state index is 13.4. The van der Waals surface area contributed by atoms with Crippen molar-refractivity contribution in [3.63, 3.8) is 0 Å². The van der Waals surface area contributed by atoms with Crippen molar-refractivity contribution < 1.29 is 14.5 Å². The third-order valence-corrected chi connectivity index (χ3v) is 3.51. The van der Waals surface area contributed by atoms with Crippen molar-refractivity contribution >= 4 is 29.1 Å². The predicted molar refractivity (Wildman–Crippen MR) is 79.5 cm³/mol. The molecular weight excluding hydrogens is 302 g/mol. The summed E-state index contributed by atoms with van der Waals surface area (Å²) in [7, 11) is 0. The Morgan fingerprint density at radius 3 is 2.55 bits per heavy atom.